The van der Waals surface area contributed by atoms with Gasteiger partial charge in [0.1, 0.15) is 5.75 Å². The number of para-hydroxylation sites is 1. The van der Waals surface area contributed by atoms with Crippen molar-refractivity contribution in [3.8, 4) is 5.75 Å². The zero-order valence-corrected chi connectivity index (χ0v) is 9.36. The lowest BCUT2D eigenvalue weighted by atomic mass is 10.3. The Labute approximate surface area is 83.1 Å². The predicted octanol–water partition coefficient (Wildman–Crippen LogP) is 3.03. The van der Waals surface area contributed by atoms with E-state index in [2.05, 4.69) is 6.92 Å². The lowest BCUT2D eigenvalue weighted by Gasteiger charge is -2.03. The largest absolute Gasteiger partial charge is 0.545 e. The molecule has 0 aromatic heterocycles. The van der Waals surface area contributed by atoms with Crippen LogP contribution in [0.15, 0.2) is 30.3 Å². The SMILES string of the molecule is CCCCC[SiH]Oc1ccccc1. The molecule has 0 aliphatic rings. The van der Waals surface area contributed by atoms with E-state index in [-0.39, 0.29) is 9.76 Å². The zero-order chi connectivity index (χ0) is 9.36. The van der Waals surface area contributed by atoms with Crippen LogP contribution >= 0.6 is 0 Å². The highest BCUT2D eigenvalue weighted by Crippen LogP contribution is 2.08. The maximum atomic E-state index is 5.64. The van der Waals surface area contributed by atoms with Crippen LogP contribution in [-0.2, 0) is 0 Å². The summed E-state index contributed by atoms with van der Waals surface area (Å²) in [6.07, 6.45) is 3.95. The Hall–Kier alpha value is -0.763. The third-order valence-corrected chi connectivity index (χ3v) is 2.97. The summed E-state index contributed by atoms with van der Waals surface area (Å²) >= 11 is 0. The number of unbranched alkanes of at least 4 members (excludes halogenated alkanes) is 2. The highest BCUT2D eigenvalue weighted by Gasteiger charge is 1.93. The van der Waals surface area contributed by atoms with Crippen molar-refractivity contribution in [2.75, 3.05) is 0 Å². The summed E-state index contributed by atoms with van der Waals surface area (Å²) in [6, 6.07) is 11.3. The van der Waals surface area contributed by atoms with Crippen molar-refractivity contribution in [2.45, 2.75) is 32.2 Å². The molecule has 0 unspecified atom stereocenters. The lowest BCUT2D eigenvalue weighted by molar-refractivity contribution is 0.585. The monoisotopic (exact) mass is 193 g/mol. The predicted molar refractivity (Wildman–Crippen MR) is 58.6 cm³/mol. The molecule has 0 aliphatic heterocycles. The molecule has 1 rings (SSSR count). The summed E-state index contributed by atoms with van der Waals surface area (Å²) < 4.78 is 5.64. The minimum Gasteiger partial charge on any atom is -0.545 e. The normalized spacial score (nSPS) is 9.92. The van der Waals surface area contributed by atoms with Gasteiger partial charge in [-0.2, -0.15) is 0 Å². The molecule has 0 spiro atoms. The summed E-state index contributed by atoms with van der Waals surface area (Å²) in [7, 11) is 0.156. The van der Waals surface area contributed by atoms with E-state index in [1.54, 1.807) is 0 Å². The van der Waals surface area contributed by atoms with Crippen molar-refractivity contribution < 1.29 is 4.43 Å². The molecule has 1 aromatic rings. The van der Waals surface area contributed by atoms with Crippen LogP contribution in [0.1, 0.15) is 26.2 Å². The average Bonchev–Trinajstić information content (AvgIpc) is 2.19. The van der Waals surface area contributed by atoms with Gasteiger partial charge in [0.05, 0.1) is 0 Å². The second kappa shape index (κ2) is 6.72. The molecule has 71 valence electrons. The number of hydrogen-bond acceptors (Lipinski definition) is 1. The van der Waals surface area contributed by atoms with Crippen LogP contribution in [0.4, 0.5) is 0 Å². The van der Waals surface area contributed by atoms with Gasteiger partial charge in [-0.15, -0.1) is 0 Å². The van der Waals surface area contributed by atoms with Crippen molar-refractivity contribution in [1.82, 2.24) is 0 Å². The Morgan fingerprint density at radius 2 is 1.92 bits per heavy atom. The standard InChI is InChI=1S/C11H17OSi/c1-2-3-7-10-13-12-11-8-5-4-6-9-11/h4-6,8-9,13H,2-3,7,10H2,1H3. The van der Waals surface area contributed by atoms with Crippen LogP contribution in [0.3, 0.4) is 0 Å². The first-order valence-electron chi connectivity index (χ1n) is 4.97. The van der Waals surface area contributed by atoms with Crippen LogP contribution in [0.5, 0.6) is 5.75 Å². The first-order valence-corrected chi connectivity index (χ1v) is 6.25. The smallest absolute Gasteiger partial charge is 0.262 e. The molecular weight excluding hydrogens is 176 g/mol. The quantitative estimate of drug-likeness (QED) is 0.498. The summed E-state index contributed by atoms with van der Waals surface area (Å²) in [5, 5.41) is 0. The highest BCUT2D eigenvalue weighted by molar-refractivity contribution is 6.28. The van der Waals surface area contributed by atoms with E-state index >= 15 is 0 Å². The minimum absolute atomic E-state index is 0.156. The molecule has 0 saturated carbocycles. The Morgan fingerprint density at radius 3 is 2.62 bits per heavy atom. The molecule has 0 amide bonds. The van der Waals surface area contributed by atoms with E-state index in [0.29, 0.717) is 0 Å². The fraction of sp³-hybridized carbons (Fsp3) is 0.455. The van der Waals surface area contributed by atoms with Crippen LogP contribution in [0, 0.1) is 0 Å². The third kappa shape index (κ3) is 4.73. The molecule has 0 heterocycles. The van der Waals surface area contributed by atoms with Crippen molar-refractivity contribution in [3.05, 3.63) is 30.3 Å². The molecule has 13 heavy (non-hydrogen) atoms. The lowest BCUT2D eigenvalue weighted by Crippen LogP contribution is -2.00. The highest BCUT2D eigenvalue weighted by atomic mass is 28.2. The molecule has 1 nitrogen and oxygen atoms in total. The molecule has 1 radical (unpaired) electrons. The molecule has 1 aromatic carbocycles. The summed E-state index contributed by atoms with van der Waals surface area (Å²) in [5.74, 6) is 1.02. The Kier molecular flexibility index (Phi) is 5.33. The maximum absolute atomic E-state index is 5.64. The number of hydrogen-bond donors (Lipinski definition) is 0. The number of rotatable bonds is 6. The maximum Gasteiger partial charge on any atom is 0.262 e. The zero-order valence-electron chi connectivity index (χ0n) is 8.20. The van der Waals surface area contributed by atoms with Gasteiger partial charge >= 0.3 is 0 Å². The average molecular weight is 193 g/mol. The van der Waals surface area contributed by atoms with Crippen LogP contribution in [-0.4, -0.2) is 9.76 Å². The van der Waals surface area contributed by atoms with E-state index in [0.717, 1.165) is 5.75 Å². The molecule has 0 saturated heterocycles. The van der Waals surface area contributed by atoms with Gasteiger partial charge in [-0.05, 0) is 18.2 Å². The first-order chi connectivity index (χ1) is 6.43. The fourth-order valence-corrected chi connectivity index (χ4v) is 2.05. The Balaban J connectivity index is 2.07. The molecule has 0 aliphatic carbocycles. The number of benzene rings is 1. The van der Waals surface area contributed by atoms with E-state index < -0.39 is 0 Å². The Morgan fingerprint density at radius 1 is 1.15 bits per heavy atom. The van der Waals surface area contributed by atoms with Crippen LogP contribution in [0.25, 0.3) is 0 Å². The van der Waals surface area contributed by atoms with Gasteiger partial charge < -0.3 is 4.43 Å². The van der Waals surface area contributed by atoms with Gasteiger partial charge in [0.2, 0.25) is 0 Å². The second-order valence-corrected chi connectivity index (χ2v) is 4.24. The van der Waals surface area contributed by atoms with Gasteiger partial charge in [-0.3, -0.25) is 0 Å². The third-order valence-electron chi connectivity index (χ3n) is 1.89. The topological polar surface area (TPSA) is 9.23 Å². The fourth-order valence-electron chi connectivity index (χ4n) is 1.13. The Bertz CT molecular complexity index is 211. The van der Waals surface area contributed by atoms with E-state index in [1.165, 1.54) is 25.3 Å². The van der Waals surface area contributed by atoms with Crippen LogP contribution < -0.4 is 4.43 Å². The molecule has 0 atom stereocenters. The molecular formula is C11H17OSi. The van der Waals surface area contributed by atoms with Gasteiger partial charge in [-0.1, -0.05) is 44.4 Å². The molecule has 0 N–H and O–H groups in total. The van der Waals surface area contributed by atoms with Gasteiger partial charge in [0.15, 0.2) is 0 Å². The summed E-state index contributed by atoms with van der Waals surface area (Å²) in [4.78, 5) is 0. The van der Waals surface area contributed by atoms with E-state index in [9.17, 15) is 0 Å². The minimum atomic E-state index is 0.156. The second-order valence-electron chi connectivity index (χ2n) is 3.09. The van der Waals surface area contributed by atoms with Crippen molar-refractivity contribution in [1.29, 1.82) is 0 Å². The van der Waals surface area contributed by atoms with E-state index in [1.807, 2.05) is 30.3 Å². The van der Waals surface area contributed by atoms with Gasteiger partial charge in [-0.25, -0.2) is 0 Å². The summed E-state index contributed by atoms with van der Waals surface area (Å²) in [6.45, 7) is 2.23. The van der Waals surface area contributed by atoms with Gasteiger partial charge in [0.25, 0.3) is 9.76 Å². The van der Waals surface area contributed by atoms with Crippen molar-refractivity contribution in [2.24, 2.45) is 0 Å². The van der Waals surface area contributed by atoms with Gasteiger partial charge in [0, 0.05) is 0 Å². The molecule has 2 heteroatoms. The molecule has 0 fully saturated rings. The van der Waals surface area contributed by atoms with Crippen molar-refractivity contribution in [3.63, 3.8) is 0 Å². The van der Waals surface area contributed by atoms with Crippen molar-refractivity contribution >= 4 is 9.76 Å². The van der Waals surface area contributed by atoms with Crippen LogP contribution in [0.2, 0.25) is 6.04 Å². The molecule has 0 bridgehead atoms. The summed E-state index contributed by atoms with van der Waals surface area (Å²) in [5.41, 5.74) is 0. The first kappa shape index (κ1) is 10.3. The van der Waals surface area contributed by atoms with E-state index in [4.69, 9.17) is 4.43 Å².